The van der Waals surface area contributed by atoms with Gasteiger partial charge in [-0.1, -0.05) is 23.7 Å². The maximum Gasteiger partial charge on any atom is 0.242 e. The Labute approximate surface area is 129 Å². The van der Waals surface area contributed by atoms with Gasteiger partial charge in [-0.2, -0.15) is 0 Å². The van der Waals surface area contributed by atoms with Crippen LogP contribution >= 0.6 is 11.6 Å². The van der Waals surface area contributed by atoms with Gasteiger partial charge in [0.1, 0.15) is 4.90 Å². The molecule has 0 aromatic heterocycles. The first kappa shape index (κ1) is 16.7. The summed E-state index contributed by atoms with van der Waals surface area (Å²) in [6, 6.07) is 6.21. The van der Waals surface area contributed by atoms with Crippen molar-refractivity contribution in [2.45, 2.75) is 11.0 Å². The van der Waals surface area contributed by atoms with E-state index in [-0.39, 0.29) is 16.5 Å². The molecule has 0 bridgehead atoms. The Balaban J connectivity index is 1.88. The van der Waals surface area contributed by atoms with Crippen LogP contribution in [0.3, 0.4) is 0 Å². The Morgan fingerprint density at radius 2 is 2.00 bits per heavy atom. The lowest BCUT2D eigenvalue weighted by Gasteiger charge is -2.28. The number of hydrogen-bond acceptors (Lipinski definition) is 5. The van der Waals surface area contributed by atoms with Crippen molar-refractivity contribution in [1.29, 1.82) is 0 Å². The first-order valence-electron chi connectivity index (χ1n) is 6.71. The van der Waals surface area contributed by atoms with Gasteiger partial charge in [0.2, 0.25) is 10.0 Å². The maximum absolute atomic E-state index is 12.1. The fourth-order valence-corrected chi connectivity index (χ4v) is 3.68. The summed E-state index contributed by atoms with van der Waals surface area (Å²) in [6.07, 6.45) is -0.777. The minimum atomic E-state index is -3.71. The van der Waals surface area contributed by atoms with Crippen LogP contribution < -0.4 is 4.72 Å². The second-order valence-corrected chi connectivity index (χ2v) is 6.99. The van der Waals surface area contributed by atoms with E-state index in [1.165, 1.54) is 12.1 Å². The zero-order valence-electron chi connectivity index (χ0n) is 11.5. The molecule has 8 heteroatoms. The SMILES string of the molecule is O=S(=O)(NCC(O)CN1CCOCC1)c1ccccc1Cl. The van der Waals surface area contributed by atoms with Gasteiger partial charge < -0.3 is 9.84 Å². The third-order valence-electron chi connectivity index (χ3n) is 3.21. The van der Waals surface area contributed by atoms with Gasteiger partial charge in [-0.05, 0) is 12.1 Å². The van der Waals surface area contributed by atoms with Gasteiger partial charge in [-0.15, -0.1) is 0 Å². The summed E-state index contributed by atoms with van der Waals surface area (Å²) in [5, 5.41) is 10.1. The fourth-order valence-electron chi connectivity index (χ4n) is 2.09. The van der Waals surface area contributed by atoms with Gasteiger partial charge >= 0.3 is 0 Å². The molecule has 21 heavy (non-hydrogen) atoms. The number of hydrogen-bond donors (Lipinski definition) is 2. The highest BCUT2D eigenvalue weighted by Gasteiger charge is 2.20. The zero-order chi connectivity index (χ0) is 15.3. The molecule has 1 aromatic rings. The smallest absolute Gasteiger partial charge is 0.242 e. The predicted molar refractivity (Wildman–Crippen MR) is 79.9 cm³/mol. The Morgan fingerprint density at radius 3 is 2.67 bits per heavy atom. The van der Waals surface area contributed by atoms with Crippen LogP contribution in [0.2, 0.25) is 5.02 Å². The lowest BCUT2D eigenvalue weighted by Crippen LogP contribution is -2.44. The lowest BCUT2D eigenvalue weighted by atomic mass is 10.3. The van der Waals surface area contributed by atoms with E-state index in [1.54, 1.807) is 12.1 Å². The van der Waals surface area contributed by atoms with Crippen molar-refractivity contribution in [1.82, 2.24) is 9.62 Å². The van der Waals surface area contributed by atoms with E-state index in [4.69, 9.17) is 16.3 Å². The molecule has 1 aliphatic rings. The molecule has 1 saturated heterocycles. The Morgan fingerprint density at radius 1 is 1.33 bits per heavy atom. The monoisotopic (exact) mass is 334 g/mol. The van der Waals surface area contributed by atoms with Crippen molar-refractivity contribution in [3.8, 4) is 0 Å². The third-order valence-corrected chi connectivity index (χ3v) is 5.13. The molecule has 2 N–H and O–H groups in total. The second kappa shape index (κ2) is 7.53. The van der Waals surface area contributed by atoms with Gasteiger partial charge in [-0.3, -0.25) is 4.90 Å². The molecule has 118 valence electrons. The molecule has 0 spiro atoms. The summed E-state index contributed by atoms with van der Waals surface area (Å²) >= 11 is 5.88. The van der Waals surface area contributed by atoms with E-state index in [9.17, 15) is 13.5 Å². The number of ether oxygens (including phenoxy) is 1. The second-order valence-electron chi connectivity index (χ2n) is 4.85. The number of nitrogens with one attached hydrogen (secondary N) is 1. The molecule has 1 heterocycles. The van der Waals surface area contributed by atoms with Gasteiger partial charge in [0, 0.05) is 26.2 Å². The van der Waals surface area contributed by atoms with Crippen LogP contribution in [0, 0.1) is 0 Å². The highest BCUT2D eigenvalue weighted by Crippen LogP contribution is 2.19. The largest absolute Gasteiger partial charge is 0.390 e. The highest BCUT2D eigenvalue weighted by atomic mass is 35.5. The van der Waals surface area contributed by atoms with Crippen LogP contribution in [-0.4, -0.2) is 63.9 Å². The average Bonchev–Trinajstić information content (AvgIpc) is 2.47. The molecule has 2 rings (SSSR count). The van der Waals surface area contributed by atoms with Crippen molar-refractivity contribution in [2.24, 2.45) is 0 Å². The quantitative estimate of drug-likeness (QED) is 0.783. The first-order chi connectivity index (χ1) is 9.99. The minimum Gasteiger partial charge on any atom is -0.390 e. The molecule has 1 fully saturated rings. The van der Waals surface area contributed by atoms with E-state index in [0.29, 0.717) is 19.8 Å². The van der Waals surface area contributed by atoms with Gasteiger partial charge in [0.25, 0.3) is 0 Å². The van der Waals surface area contributed by atoms with E-state index < -0.39 is 16.1 Å². The standard InChI is InChI=1S/C13H19ClN2O4S/c14-12-3-1-2-4-13(12)21(18,19)15-9-11(17)10-16-5-7-20-8-6-16/h1-4,11,15,17H,5-10H2. The number of rotatable bonds is 6. The number of β-amino-alcohol motifs (C(OH)–C–C–N with tert-alkyl or cyclic N) is 1. The summed E-state index contributed by atoms with van der Waals surface area (Å²) in [5.41, 5.74) is 0. The topological polar surface area (TPSA) is 78.9 Å². The van der Waals surface area contributed by atoms with Crippen molar-refractivity contribution >= 4 is 21.6 Å². The lowest BCUT2D eigenvalue weighted by molar-refractivity contribution is 0.0158. The van der Waals surface area contributed by atoms with Crippen molar-refractivity contribution in [3.05, 3.63) is 29.3 Å². The van der Waals surface area contributed by atoms with Crippen LogP contribution in [0.5, 0.6) is 0 Å². The molecule has 6 nitrogen and oxygen atoms in total. The van der Waals surface area contributed by atoms with E-state index in [0.717, 1.165) is 13.1 Å². The number of morpholine rings is 1. The number of benzene rings is 1. The van der Waals surface area contributed by atoms with E-state index >= 15 is 0 Å². The number of halogens is 1. The number of nitrogens with zero attached hydrogens (tertiary/aromatic N) is 1. The number of aliphatic hydroxyl groups is 1. The summed E-state index contributed by atoms with van der Waals surface area (Å²) in [7, 11) is -3.71. The third kappa shape index (κ3) is 4.91. The normalized spacial score (nSPS) is 18.6. The Hall–Kier alpha value is -0.700. The predicted octanol–water partition coefficient (Wildman–Crippen LogP) is 0.311. The minimum absolute atomic E-state index is 0.0187. The first-order valence-corrected chi connectivity index (χ1v) is 8.57. The fraction of sp³-hybridized carbons (Fsp3) is 0.538. The van der Waals surface area contributed by atoms with Crippen molar-refractivity contribution in [3.63, 3.8) is 0 Å². The summed E-state index contributed by atoms with van der Waals surface area (Å²) in [6.45, 7) is 3.12. The van der Waals surface area contributed by atoms with Crippen LogP contribution in [0.15, 0.2) is 29.2 Å². The molecule has 0 amide bonds. The Kier molecular flexibility index (Phi) is 5.98. The molecular formula is C13H19ClN2O4S. The summed E-state index contributed by atoms with van der Waals surface area (Å²) in [4.78, 5) is 2.06. The van der Waals surface area contributed by atoms with Crippen LogP contribution in [-0.2, 0) is 14.8 Å². The zero-order valence-corrected chi connectivity index (χ0v) is 13.1. The van der Waals surface area contributed by atoms with Gasteiger partial charge in [0.15, 0.2) is 0 Å². The van der Waals surface area contributed by atoms with Crippen molar-refractivity contribution in [2.75, 3.05) is 39.4 Å². The number of aliphatic hydroxyl groups excluding tert-OH is 1. The molecule has 1 aromatic carbocycles. The average molecular weight is 335 g/mol. The Bertz CT molecular complexity index is 561. The van der Waals surface area contributed by atoms with Gasteiger partial charge in [0.05, 0.1) is 24.3 Å². The van der Waals surface area contributed by atoms with Crippen LogP contribution in [0.4, 0.5) is 0 Å². The molecular weight excluding hydrogens is 316 g/mol. The number of sulfonamides is 1. The molecule has 1 atom stereocenters. The van der Waals surface area contributed by atoms with E-state index in [2.05, 4.69) is 4.72 Å². The molecule has 0 aliphatic carbocycles. The molecule has 0 saturated carbocycles. The highest BCUT2D eigenvalue weighted by molar-refractivity contribution is 7.89. The summed E-state index contributed by atoms with van der Waals surface area (Å²) in [5.74, 6) is 0. The molecule has 1 unspecified atom stereocenters. The molecule has 0 radical (unpaired) electrons. The van der Waals surface area contributed by atoms with Crippen LogP contribution in [0.25, 0.3) is 0 Å². The van der Waals surface area contributed by atoms with Crippen LogP contribution in [0.1, 0.15) is 0 Å². The van der Waals surface area contributed by atoms with E-state index in [1.807, 2.05) is 4.90 Å². The van der Waals surface area contributed by atoms with Gasteiger partial charge in [-0.25, -0.2) is 13.1 Å². The summed E-state index contributed by atoms with van der Waals surface area (Å²) < 4.78 is 31.8. The maximum atomic E-state index is 12.1. The molecule has 1 aliphatic heterocycles. The van der Waals surface area contributed by atoms with Crippen molar-refractivity contribution < 1.29 is 18.3 Å².